The smallest absolute Gasteiger partial charge is 0.254 e. The molecule has 0 aromatic heterocycles. The largest absolute Gasteiger partial charge is 0.378 e. The molecule has 1 aromatic carbocycles. The standard InChI is InChI=1S/C18H24N2O2/c1-14(2)17-4-3-9-20(17)18(21)15-5-7-16(8-6-15)19-10-12-22-13-11-19/h3-8,14,17H,9-13H2,1-2H3/t17-/m0/s1. The van der Waals surface area contributed by atoms with Crippen LogP contribution in [0.5, 0.6) is 0 Å². The van der Waals surface area contributed by atoms with E-state index in [9.17, 15) is 4.79 Å². The van der Waals surface area contributed by atoms with E-state index < -0.39 is 0 Å². The van der Waals surface area contributed by atoms with Crippen molar-refractivity contribution < 1.29 is 9.53 Å². The fourth-order valence-corrected chi connectivity index (χ4v) is 3.14. The van der Waals surface area contributed by atoms with Gasteiger partial charge < -0.3 is 14.5 Å². The molecule has 0 bridgehead atoms. The first-order valence-electron chi connectivity index (χ1n) is 8.07. The van der Waals surface area contributed by atoms with Gasteiger partial charge in [0, 0.05) is 30.9 Å². The molecule has 22 heavy (non-hydrogen) atoms. The Balaban J connectivity index is 1.71. The third-order valence-corrected chi connectivity index (χ3v) is 4.43. The zero-order chi connectivity index (χ0) is 15.5. The number of ether oxygens (including phenoxy) is 1. The monoisotopic (exact) mass is 300 g/mol. The molecule has 0 saturated carbocycles. The quantitative estimate of drug-likeness (QED) is 0.804. The van der Waals surface area contributed by atoms with Gasteiger partial charge in [0.15, 0.2) is 0 Å². The normalized spacial score (nSPS) is 21.7. The summed E-state index contributed by atoms with van der Waals surface area (Å²) in [6.45, 7) is 8.40. The van der Waals surface area contributed by atoms with E-state index in [-0.39, 0.29) is 11.9 Å². The molecular weight excluding hydrogens is 276 g/mol. The lowest BCUT2D eigenvalue weighted by Crippen LogP contribution is -2.39. The first kappa shape index (κ1) is 15.1. The van der Waals surface area contributed by atoms with Crippen LogP contribution in [0.15, 0.2) is 36.4 Å². The van der Waals surface area contributed by atoms with Gasteiger partial charge in [-0.3, -0.25) is 4.79 Å². The highest BCUT2D eigenvalue weighted by atomic mass is 16.5. The van der Waals surface area contributed by atoms with E-state index in [2.05, 4.69) is 30.9 Å². The summed E-state index contributed by atoms with van der Waals surface area (Å²) in [5.74, 6) is 0.563. The van der Waals surface area contributed by atoms with Crippen molar-refractivity contribution in [3.63, 3.8) is 0 Å². The molecule has 2 aliphatic heterocycles. The predicted octanol–water partition coefficient (Wildman–Crippen LogP) is 2.56. The van der Waals surface area contributed by atoms with Gasteiger partial charge in [0.05, 0.1) is 19.3 Å². The Morgan fingerprint density at radius 2 is 1.86 bits per heavy atom. The molecular formula is C18H24N2O2. The number of rotatable bonds is 3. The first-order valence-corrected chi connectivity index (χ1v) is 8.07. The van der Waals surface area contributed by atoms with Crippen LogP contribution in [0.2, 0.25) is 0 Å². The van der Waals surface area contributed by atoms with Crippen LogP contribution in [0.3, 0.4) is 0 Å². The Bertz CT molecular complexity index is 545. The fourth-order valence-electron chi connectivity index (χ4n) is 3.14. The molecule has 118 valence electrons. The summed E-state index contributed by atoms with van der Waals surface area (Å²) in [5, 5.41) is 0. The molecule has 1 atom stereocenters. The summed E-state index contributed by atoms with van der Waals surface area (Å²) in [5.41, 5.74) is 1.94. The van der Waals surface area contributed by atoms with Crippen LogP contribution in [0.1, 0.15) is 24.2 Å². The van der Waals surface area contributed by atoms with E-state index in [1.54, 1.807) is 0 Å². The number of carbonyl (C=O) groups excluding carboxylic acids is 1. The maximum absolute atomic E-state index is 12.7. The van der Waals surface area contributed by atoms with E-state index in [1.807, 2.05) is 29.2 Å². The summed E-state index contributed by atoms with van der Waals surface area (Å²) in [6.07, 6.45) is 4.23. The van der Waals surface area contributed by atoms with Crippen LogP contribution < -0.4 is 4.90 Å². The average molecular weight is 300 g/mol. The zero-order valence-corrected chi connectivity index (χ0v) is 13.4. The number of morpholine rings is 1. The van der Waals surface area contributed by atoms with Crippen LogP contribution >= 0.6 is 0 Å². The maximum Gasteiger partial charge on any atom is 0.254 e. The summed E-state index contributed by atoms with van der Waals surface area (Å²) in [7, 11) is 0. The maximum atomic E-state index is 12.7. The van der Waals surface area contributed by atoms with Gasteiger partial charge in [-0.25, -0.2) is 0 Å². The van der Waals surface area contributed by atoms with Crippen LogP contribution in [0, 0.1) is 5.92 Å². The van der Waals surface area contributed by atoms with Gasteiger partial charge in [0.25, 0.3) is 5.91 Å². The van der Waals surface area contributed by atoms with Crippen LogP contribution in [0.4, 0.5) is 5.69 Å². The van der Waals surface area contributed by atoms with Crippen LogP contribution in [-0.4, -0.2) is 49.7 Å². The van der Waals surface area contributed by atoms with E-state index in [0.717, 1.165) is 31.9 Å². The van der Waals surface area contributed by atoms with Crippen molar-refractivity contribution in [2.24, 2.45) is 5.92 Å². The molecule has 1 saturated heterocycles. The fraction of sp³-hybridized carbons (Fsp3) is 0.500. The molecule has 1 amide bonds. The highest BCUT2D eigenvalue weighted by molar-refractivity contribution is 5.95. The van der Waals surface area contributed by atoms with Gasteiger partial charge >= 0.3 is 0 Å². The molecule has 0 unspecified atom stereocenters. The molecule has 1 fully saturated rings. The number of carbonyl (C=O) groups is 1. The van der Waals surface area contributed by atoms with Gasteiger partial charge in [0.1, 0.15) is 0 Å². The zero-order valence-electron chi connectivity index (χ0n) is 13.4. The van der Waals surface area contributed by atoms with Crippen molar-refractivity contribution in [3.8, 4) is 0 Å². The van der Waals surface area contributed by atoms with Crippen molar-refractivity contribution in [3.05, 3.63) is 42.0 Å². The number of anilines is 1. The topological polar surface area (TPSA) is 32.8 Å². The van der Waals surface area contributed by atoms with Gasteiger partial charge in [-0.2, -0.15) is 0 Å². The summed E-state index contributed by atoms with van der Waals surface area (Å²) < 4.78 is 5.38. The van der Waals surface area contributed by atoms with Crippen molar-refractivity contribution in [2.75, 3.05) is 37.7 Å². The van der Waals surface area contributed by atoms with E-state index in [4.69, 9.17) is 4.74 Å². The van der Waals surface area contributed by atoms with E-state index in [1.165, 1.54) is 5.69 Å². The minimum Gasteiger partial charge on any atom is -0.378 e. The lowest BCUT2D eigenvalue weighted by molar-refractivity contribution is 0.0720. The molecule has 0 N–H and O–H groups in total. The Kier molecular flexibility index (Phi) is 4.48. The second-order valence-corrected chi connectivity index (χ2v) is 6.27. The predicted molar refractivity (Wildman–Crippen MR) is 88.3 cm³/mol. The molecule has 3 rings (SSSR count). The van der Waals surface area contributed by atoms with Gasteiger partial charge in [0.2, 0.25) is 0 Å². The van der Waals surface area contributed by atoms with Gasteiger partial charge in [-0.1, -0.05) is 26.0 Å². The SMILES string of the molecule is CC(C)[C@@H]1C=CCN1C(=O)c1ccc(N2CCOCC2)cc1. The minimum atomic E-state index is 0.122. The molecule has 0 aliphatic carbocycles. The van der Waals surface area contributed by atoms with Crippen molar-refractivity contribution in [2.45, 2.75) is 19.9 Å². The molecule has 0 spiro atoms. The lowest BCUT2D eigenvalue weighted by Gasteiger charge is -2.29. The Morgan fingerprint density at radius 3 is 2.50 bits per heavy atom. The highest BCUT2D eigenvalue weighted by Crippen LogP contribution is 2.22. The molecule has 0 radical (unpaired) electrons. The summed E-state index contributed by atoms with van der Waals surface area (Å²) in [4.78, 5) is 17.0. The van der Waals surface area contributed by atoms with E-state index in [0.29, 0.717) is 12.5 Å². The van der Waals surface area contributed by atoms with Crippen molar-refractivity contribution in [1.29, 1.82) is 0 Å². The second kappa shape index (κ2) is 6.53. The number of hydrogen-bond donors (Lipinski definition) is 0. The van der Waals surface area contributed by atoms with Crippen LogP contribution in [-0.2, 0) is 4.74 Å². The molecule has 1 aromatic rings. The molecule has 4 heteroatoms. The molecule has 2 aliphatic rings. The van der Waals surface area contributed by atoms with Gasteiger partial charge in [-0.15, -0.1) is 0 Å². The van der Waals surface area contributed by atoms with Crippen molar-refractivity contribution >= 4 is 11.6 Å². The Labute approximate surface area is 132 Å². The van der Waals surface area contributed by atoms with Gasteiger partial charge in [-0.05, 0) is 30.2 Å². The second-order valence-electron chi connectivity index (χ2n) is 6.27. The Hall–Kier alpha value is -1.81. The first-order chi connectivity index (χ1) is 10.7. The summed E-state index contributed by atoms with van der Waals surface area (Å²) in [6, 6.07) is 8.20. The number of benzene rings is 1. The Morgan fingerprint density at radius 1 is 1.18 bits per heavy atom. The molecule has 2 heterocycles. The van der Waals surface area contributed by atoms with E-state index >= 15 is 0 Å². The third kappa shape index (κ3) is 3.02. The highest BCUT2D eigenvalue weighted by Gasteiger charge is 2.27. The van der Waals surface area contributed by atoms with Crippen molar-refractivity contribution in [1.82, 2.24) is 4.90 Å². The number of hydrogen-bond acceptors (Lipinski definition) is 3. The average Bonchev–Trinajstić information content (AvgIpc) is 3.05. The minimum absolute atomic E-state index is 0.122. The molecule has 4 nitrogen and oxygen atoms in total. The number of nitrogens with zero attached hydrogens (tertiary/aromatic N) is 2. The summed E-state index contributed by atoms with van der Waals surface area (Å²) >= 11 is 0. The third-order valence-electron chi connectivity index (χ3n) is 4.43. The lowest BCUT2D eigenvalue weighted by atomic mass is 10.0. The number of amides is 1. The van der Waals surface area contributed by atoms with Crippen LogP contribution in [0.25, 0.3) is 0 Å².